The third-order valence-corrected chi connectivity index (χ3v) is 2.95. The zero-order valence-corrected chi connectivity index (χ0v) is 12.2. The summed E-state index contributed by atoms with van der Waals surface area (Å²) in [6.45, 7) is 11.5. The molecule has 1 atom stereocenters. The summed E-state index contributed by atoms with van der Waals surface area (Å²) in [6, 6.07) is 0. The molecule has 1 aliphatic carbocycles. The Hall–Kier alpha value is -0.690. The van der Waals surface area contributed by atoms with E-state index in [0.29, 0.717) is 24.4 Å². The molecule has 0 unspecified atom stereocenters. The number of hydrogen-bond acceptors (Lipinski definition) is 1. The average molecular weight is 255 g/mol. The highest BCUT2D eigenvalue weighted by Crippen LogP contribution is 2.28. The summed E-state index contributed by atoms with van der Waals surface area (Å²) in [5, 5.41) is 0.727. The van der Waals surface area contributed by atoms with E-state index in [0.717, 1.165) is 10.8 Å². The van der Waals surface area contributed by atoms with Crippen LogP contribution in [0.15, 0.2) is 34.6 Å². The monoisotopic (exact) mass is 254 g/mol. The minimum atomic E-state index is 0.358. The van der Waals surface area contributed by atoms with Crippen molar-refractivity contribution in [2.24, 2.45) is 17.8 Å². The standard InChI is InChI=1S/C15H23ClO/c1-10(2)9-17-15-8-13(11(3)4)6-12(5)7-14(15)16/h6-8,10-12H,9H2,1-5H3/t12-/m1/s1. The molecule has 0 bridgehead atoms. The Bertz CT molecular complexity index is 348. The summed E-state index contributed by atoms with van der Waals surface area (Å²) in [5.74, 6) is 2.17. The van der Waals surface area contributed by atoms with Crippen LogP contribution in [0.2, 0.25) is 0 Å². The molecule has 1 nitrogen and oxygen atoms in total. The first-order chi connectivity index (χ1) is 7.90. The molecule has 0 aromatic carbocycles. The van der Waals surface area contributed by atoms with Crippen LogP contribution in [-0.4, -0.2) is 6.61 Å². The van der Waals surface area contributed by atoms with Crippen LogP contribution >= 0.6 is 11.6 Å². The quantitative estimate of drug-likeness (QED) is 0.694. The predicted octanol–water partition coefficient (Wildman–Crippen LogP) is 4.90. The maximum absolute atomic E-state index is 6.27. The zero-order chi connectivity index (χ0) is 13.0. The van der Waals surface area contributed by atoms with Gasteiger partial charge in [0.05, 0.1) is 11.6 Å². The molecule has 0 aromatic heterocycles. The lowest BCUT2D eigenvalue weighted by atomic mass is 9.99. The van der Waals surface area contributed by atoms with Crippen LogP contribution in [0, 0.1) is 17.8 Å². The second-order valence-electron chi connectivity index (χ2n) is 5.41. The summed E-state index contributed by atoms with van der Waals surface area (Å²) in [6.07, 6.45) is 6.37. The molecule has 0 saturated heterocycles. The SMILES string of the molecule is CC(C)COC1=CC(C(C)C)=C[C@@H](C)C=C1Cl. The molecule has 0 spiro atoms. The van der Waals surface area contributed by atoms with Gasteiger partial charge >= 0.3 is 0 Å². The van der Waals surface area contributed by atoms with E-state index in [1.54, 1.807) is 0 Å². The van der Waals surface area contributed by atoms with Crippen molar-refractivity contribution in [3.8, 4) is 0 Å². The van der Waals surface area contributed by atoms with Crippen LogP contribution in [0.3, 0.4) is 0 Å². The van der Waals surface area contributed by atoms with Crippen LogP contribution in [0.4, 0.5) is 0 Å². The van der Waals surface area contributed by atoms with Crippen LogP contribution in [0.1, 0.15) is 34.6 Å². The molecule has 96 valence electrons. The third-order valence-electron chi connectivity index (χ3n) is 2.64. The van der Waals surface area contributed by atoms with Gasteiger partial charge in [-0.1, -0.05) is 58.4 Å². The van der Waals surface area contributed by atoms with Gasteiger partial charge in [0.15, 0.2) is 0 Å². The Morgan fingerprint density at radius 1 is 1.24 bits per heavy atom. The zero-order valence-electron chi connectivity index (χ0n) is 11.5. The van der Waals surface area contributed by atoms with Crippen molar-refractivity contribution in [2.45, 2.75) is 34.6 Å². The molecule has 0 fully saturated rings. The van der Waals surface area contributed by atoms with Crippen molar-refractivity contribution in [1.29, 1.82) is 0 Å². The highest BCUT2D eigenvalue weighted by molar-refractivity contribution is 6.31. The van der Waals surface area contributed by atoms with Crippen molar-refractivity contribution in [2.75, 3.05) is 6.61 Å². The summed E-state index contributed by atoms with van der Waals surface area (Å²) in [7, 11) is 0. The van der Waals surface area contributed by atoms with Gasteiger partial charge < -0.3 is 4.74 Å². The van der Waals surface area contributed by atoms with E-state index in [4.69, 9.17) is 16.3 Å². The van der Waals surface area contributed by atoms with Crippen molar-refractivity contribution < 1.29 is 4.74 Å². The van der Waals surface area contributed by atoms with Gasteiger partial charge in [0.25, 0.3) is 0 Å². The smallest absolute Gasteiger partial charge is 0.137 e. The second-order valence-corrected chi connectivity index (χ2v) is 5.82. The molecule has 1 rings (SSSR count). The fourth-order valence-electron chi connectivity index (χ4n) is 1.66. The molecule has 1 aliphatic rings. The second kappa shape index (κ2) is 6.30. The van der Waals surface area contributed by atoms with Gasteiger partial charge in [-0.25, -0.2) is 0 Å². The van der Waals surface area contributed by atoms with Gasteiger partial charge in [-0.3, -0.25) is 0 Å². The van der Waals surface area contributed by atoms with E-state index in [1.165, 1.54) is 5.57 Å². The van der Waals surface area contributed by atoms with Crippen molar-refractivity contribution in [3.63, 3.8) is 0 Å². The van der Waals surface area contributed by atoms with Crippen molar-refractivity contribution in [1.82, 2.24) is 0 Å². The Balaban J connectivity index is 2.91. The Morgan fingerprint density at radius 2 is 1.88 bits per heavy atom. The topological polar surface area (TPSA) is 9.23 Å². The first-order valence-electron chi connectivity index (χ1n) is 6.34. The molecule has 0 amide bonds. The number of hydrogen-bond donors (Lipinski definition) is 0. The van der Waals surface area contributed by atoms with E-state index < -0.39 is 0 Å². The minimum absolute atomic E-state index is 0.358. The Kier molecular flexibility index (Phi) is 5.32. The molecule has 0 N–H and O–H groups in total. The fraction of sp³-hybridized carbons (Fsp3) is 0.600. The Labute approximate surface area is 110 Å². The average Bonchev–Trinajstić information content (AvgIpc) is 2.34. The Morgan fingerprint density at radius 3 is 2.41 bits per heavy atom. The van der Waals surface area contributed by atoms with Crippen LogP contribution in [-0.2, 0) is 4.74 Å². The maximum Gasteiger partial charge on any atom is 0.137 e. The number of halogens is 1. The highest BCUT2D eigenvalue weighted by Gasteiger charge is 2.14. The first-order valence-corrected chi connectivity index (χ1v) is 6.71. The van der Waals surface area contributed by atoms with Gasteiger partial charge in [-0.05, 0) is 29.4 Å². The minimum Gasteiger partial charge on any atom is -0.492 e. The summed E-state index contributed by atoms with van der Waals surface area (Å²) < 4.78 is 5.79. The maximum atomic E-state index is 6.27. The van der Waals surface area contributed by atoms with Crippen LogP contribution in [0.5, 0.6) is 0 Å². The number of rotatable bonds is 4. The third kappa shape index (κ3) is 4.59. The highest BCUT2D eigenvalue weighted by atomic mass is 35.5. The van der Waals surface area contributed by atoms with Gasteiger partial charge in [-0.15, -0.1) is 0 Å². The normalized spacial score (nSPS) is 20.9. The molecule has 2 heteroatoms. The first kappa shape index (κ1) is 14.4. The molecule has 17 heavy (non-hydrogen) atoms. The number of allylic oxidation sites excluding steroid dienone is 5. The summed E-state index contributed by atoms with van der Waals surface area (Å²) in [4.78, 5) is 0. The van der Waals surface area contributed by atoms with Crippen molar-refractivity contribution >= 4 is 11.6 Å². The van der Waals surface area contributed by atoms with E-state index >= 15 is 0 Å². The molecule has 0 aromatic rings. The molecule has 0 heterocycles. The molecule has 0 radical (unpaired) electrons. The lowest BCUT2D eigenvalue weighted by Gasteiger charge is -2.13. The van der Waals surface area contributed by atoms with E-state index in [1.807, 2.05) is 6.08 Å². The molecular formula is C15H23ClO. The van der Waals surface area contributed by atoms with Gasteiger partial charge in [0.2, 0.25) is 0 Å². The van der Waals surface area contributed by atoms with Crippen LogP contribution < -0.4 is 0 Å². The molecule has 0 saturated carbocycles. The van der Waals surface area contributed by atoms with E-state index in [9.17, 15) is 0 Å². The largest absolute Gasteiger partial charge is 0.492 e. The van der Waals surface area contributed by atoms with Gasteiger partial charge in [0.1, 0.15) is 5.76 Å². The fourth-order valence-corrected chi connectivity index (χ4v) is 1.97. The van der Waals surface area contributed by atoms with E-state index in [2.05, 4.69) is 46.8 Å². The van der Waals surface area contributed by atoms with Crippen LogP contribution in [0.25, 0.3) is 0 Å². The van der Waals surface area contributed by atoms with Gasteiger partial charge in [-0.2, -0.15) is 0 Å². The molecule has 0 aliphatic heterocycles. The predicted molar refractivity (Wildman–Crippen MR) is 74.9 cm³/mol. The van der Waals surface area contributed by atoms with E-state index in [-0.39, 0.29) is 0 Å². The number of ether oxygens (including phenoxy) is 1. The summed E-state index contributed by atoms with van der Waals surface area (Å²) >= 11 is 6.27. The van der Waals surface area contributed by atoms with Crippen molar-refractivity contribution in [3.05, 3.63) is 34.6 Å². The lowest BCUT2D eigenvalue weighted by molar-refractivity contribution is 0.188. The summed E-state index contributed by atoms with van der Waals surface area (Å²) in [5.41, 5.74) is 1.29. The molecular weight excluding hydrogens is 232 g/mol. The lowest BCUT2D eigenvalue weighted by Crippen LogP contribution is -2.03. The van der Waals surface area contributed by atoms with Gasteiger partial charge in [0, 0.05) is 0 Å².